The van der Waals surface area contributed by atoms with Crippen molar-refractivity contribution in [3.63, 3.8) is 0 Å². The van der Waals surface area contributed by atoms with Crippen LogP contribution in [-0.4, -0.2) is 21.2 Å². The van der Waals surface area contributed by atoms with Crippen molar-refractivity contribution < 1.29 is 0 Å². The first kappa shape index (κ1) is 13.2. The summed E-state index contributed by atoms with van der Waals surface area (Å²) in [5.41, 5.74) is 0. The van der Waals surface area contributed by atoms with E-state index in [0.29, 0.717) is 6.04 Å². The Balaban J connectivity index is 2.41. The maximum Gasteiger partial charge on any atom is 0.167 e. The Labute approximate surface area is 98.2 Å². The van der Waals surface area contributed by atoms with E-state index in [-0.39, 0.29) is 6.04 Å². The van der Waals surface area contributed by atoms with E-state index in [1.807, 2.05) is 0 Å². The zero-order valence-corrected chi connectivity index (χ0v) is 10.9. The van der Waals surface area contributed by atoms with Gasteiger partial charge in [-0.25, -0.2) is 4.98 Å². The second-order valence-electron chi connectivity index (χ2n) is 4.43. The lowest BCUT2D eigenvalue weighted by atomic mass is 10.1. The molecule has 4 nitrogen and oxygen atoms in total. The molecule has 0 aromatic carbocycles. The molecule has 0 aliphatic carbocycles. The number of aromatic amines is 1. The summed E-state index contributed by atoms with van der Waals surface area (Å²) in [6.45, 7) is 8.63. The highest BCUT2D eigenvalue weighted by atomic mass is 15.2. The summed E-state index contributed by atoms with van der Waals surface area (Å²) in [7, 11) is 0. The van der Waals surface area contributed by atoms with Crippen LogP contribution in [0.3, 0.4) is 0 Å². The molecule has 0 bridgehead atoms. The molecule has 16 heavy (non-hydrogen) atoms. The fourth-order valence-corrected chi connectivity index (χ4v) is 1.76. The number of aromatic nitrogens is 3. The molecule has 0 saturated carbocycles. The highest BCUT2D eigenvalue weighted by Gasteiger charge is 2.13. The Kier molecular flexibility index (Phi) is 5.46. The zero-order valence-electron chi connectivity index (χ0n) is 10.9. The summed E-state index contributed by atoms with van der Waals surface area (Å²) in [6.07, 6.45) is 4.65. The van der Waals surface area contributed by atoms with E-state index >= 15 is 0 Å². The number of hydrogen-bond donors (Lipinski definition) is 2. The molecule has 0 fully saturated rings. The van der Waals surface area contributed by atoms with Gasteiger partial charge in [-0.3, -0.25) is 5.10 Å². The lowest BCUT2D eigenvalue weighted by Gasteiger charge is -2.17. The quantitative estimate of drug-likeness (QED) is 0.748. The van der Waals surface area contributed by atoms with Gasteiger partial charge in [0.2, 0.25) is 0 Å². The van der Waals surface area contributed by atoms with Gasteiger partial charge >= 0.3 is 0 Å². The maximum atomic E-state index is 4.43. The van der Waals surface area contributed by atoms with Crippen molar-refractivity contribution in [2.24, 2.45) is 0 Å². The minimum absolute atomic E-state index is 0.225. The number of hydrogen-bond acceptors (Lipinski definition) is 3. The van der Waals surface area contributed by atoms with Crippen molar-refractivity contribution in [1.29, 1.82) is 0 Å². The van der Waals surface area contributed by atoms with Crippen LogP contribution >= 0.6 is 0 Å². The van der Waals surface area contributed by atoms with Crippen LogP contribution in [0.4, 0.5) is 0 Å². The fourth-order valence-electron chi connectivity index (χ4n) is 1.76. The van der Waals surface area contributed by atoms with Crippen molar-refractivity contribution in [1.82, 2.24) is 20.5 Å². The lowest BCUT2D eigenvalue weighted by molar-refractivity contribution is 0.433. The predicted octanol–water partition coefficient (Wildman–Crippen LogP) is 2.60. The maximum absolute atomic E-state index is 4.43. The molecule has 1 aromatic rings. The summed E-state index contributed by atoms with van der Waals surface area (Å²) in [6, 6.07) is 0.752. The van der Waals surface area contributed by atoms with Gasteiger partial charge in [-0.05, 0) is 20.3 Å². The number of H-pyrrole nitrogens is 1. The van der Waals surface area contributed by atoms with Crippen LogP contribution in [0, 0.1) is 0 Å². The Morgan fingerprint density at radius 2 is 2.06 bits per heavy atom. The monoisotopic (exact) mass is 224 g/mol. The molecule has 2 N–H and O–H groups in total. The largest absolute Gasteiger partial charge is 0.305 e. The molecule has 92 valence electrons. The van der Waals surface area contributed by atoms with Gasteiger partial charge < -0.3 is 5.32 Å². The van der Waals surface area contributed by atoms with Gasteiger partial charge in [0.25, 0.3) is 0 Å². The van der Waals surface area contributed by atoms with E-state index < -0.39 is 0 Å². The molecule has 0 saturated heterocycles. The highest BCUT2D eigenvalue weighted by Crippen LogP contribution is 2.10. The standard InChI is InChI=1S/C12H24N4/c1-5-7-8-9(3)13-10(4)12-14-11(6-2)15-16-12/h9-10,13H,5-8H2,1-4H3,(H,14,15,16). The Bertz CT molecular complexity index is 295. The predicted molar refractivity (Wildman–Crippen MR) is 66.3 cm³/mol. The third-order valence-corrected chi connectivity index (χ3v) is 2.80. The first-order chi connectivity index (χ1) is 7.67. The SMILES string of the molecule is CCCCC(C)NC(C)c1n[nH]c(CC)n1. The van der Waals surface area contributed by atoms with Crippen LogP contribution in [0.5, 0.6) is 0 Å². The third-order valence-electron chi connectivity index (χ3n) is 2.80. The number of rotatable bonds is 7. The topological polar surface area (TPSA) is 53.6 Å². The second kappa shape index (κ2) is 6.63. The molecule has 0 amide bonds. The highest BCUT2D eigenvalue weighted by molar-refractivity contribution is 4.95. The number of nitrogens with zero attached hydrogens (tertiary/aromatic N) is 2. The minimum Gasteiger partial charge on any atom is -0.305 e. The summed E-state index contributed by atoms with van der Waals surface area (Å²) >= 11 is 0. The molecule has 1 heterocycles. The molecule has 1 aromatic heterocycles. The zero-order chi connectivity index (χ0) is 12.0. The van der Waals surface area contributed by atoms with Gasteiger partial charge in [-0.2, -0.15) is 5.10 Å². The summed E-state index contributed by atoms with van der Waals surface area (Å²) in [5.74, 6) is 1.84. The Hall–Kier alpha value is -0.900. The van der Waals surface area contributed by atoms with Crippen molar-refractivity contribution in [3.8, 4) is 0 Å². The minimum atomic E-state index is 0.225. The van der Waals surface area contributed by atoms with E-state index in [2.05, 4.69) is 48.2 Å². The van der Waals surface area contributed by atoms with Gasteiger partial charge in [0.15, 0.2) is 5.82 Å². The first-order valence-corrected chi connectivity index (χ1v) is 6.34. The summed E-state index contributed by atoms with van der Waals surface area (Å²) in [4.78, 5) is 4.43. The van der Waals surface area contributed by atoms with Crippen LogP contribution in [0.15, 0.2) is 0 Å². The Morgan fingerprint density at radius 3 is 2.62 bits per heavy atom. The molecule has 2 atom stereocenters. The first-order valence-electron chi connectivity index (χ1n) is 6.34. The van der Waals surface area contributed by atoms with Crippen LogP contribution in [-0.2, 0) is 6.42 Å². The molecule has 1 rings (SSSR count). The van der Waals surface area contributed by atoms with Crippen LogP contribution in [0.2, 0.25) is 0 Å². The van der Waals surface area contributed by atoms with Gasteiger partial charge in [0, 0.05) is 12.5 Å². The van der Waals surface area contributed by atoms with Crippen molar-refractivity contribution in [2.45, 2.75) is 65.5 Å². The van der Waals surface area contributed by atoms with Crippen LogP contribution in [0.25, 0.3) is 0 Å². The summed E-state index contributed by atoms with van der Waals surface area (Å²) in [5, 5.41) is 10.7. The summed E-state index contributed by atoms with van der Waals surface area (Å²) < 4.78 is 0. The van der Waals surface area contributed by atoms with Crippen molar-refractivity contribution in [3.05, 3.63) is 11.6 Å². The molecule has 0 radical (unpaired) electrons. The van der Waals surface area contributed by atoms with Gasteiger partial charge in [-0.1, -0.05) is 26.7 Å². The molecular weight excluding hydrogens is 200 g/mol. The lowest BCUT2D eigenvalue weighted by Crippen LogP contribution is -2.29. The number of nitrogens with one attached hydrogen (secondary N) is 2. The van der Waals surface area contributed by atoms with Gasteiger partial charge in [0.1, 0.15) is 5.82 Å². The number of aryl methyl sites for hydroxylation is 1. The van der Waals surface area contributed by atoms with Gasteiger partial charge in [0.05, 0.1) is 6.04 Å². The molecule has 0 spiro atoms. The third kappa shape index (κ3) is 3.93. The average molecular weight is 224 g/mol. The van der Waals surface area contributed by atoms with E-state index in [1.165, 1.54) is 19.3 Å². The van der Waals surface area contributed by atoms with Crippen LogP contribution < -0.4 is 5.32 Å². The van der Waals surface area contributed by atoms with E-state index in [0.717, 1.165) is 18.1 Å². The van der Waals surface area contributed by atoms with Crippen molar-refractivity contribution >= 4 is 0 Å². The second-order valence-corrected chi connectivity index (χ2v) is 4.43. The normalized spacial score (nSPS) is 15.0. The molecule has 0 aliphatic rings. The fraction of sp³-hybridized carbons (Fsp3) is 0.833. The van der Waals surface area contributed by atoms with E-state index in [1.54, 1.807) is 0 Å². The molecule has 4 heteroatoms. The molecule has 2 unspecified atom stereocenters. The smallest absolute Gasteiger partial charge is 0.167 e. The van der Waals surface area contributed by atoms with E-state index in [4.69, 9.17) is 0 Å². The molecule has 0 aliphatic heterocycles. The Morgan fingerprint density at radius 1 is 1.31 bits per heavy atom. The van der Waals surface area contributed by atoms with Gasteiger partial charge in [-0.15, -0.1) is 0 Å². The van der Waals surface area contributed by atoms with E-state index in [9.17, 15) is 0 Å². The van der Waals surface area contributed by atoms with Crippen molar-refractivity contribution in [2.75, 3.05) is 0 Å². The molecular formula is C12H24N4. The van der Waals surface area contributed by atoms with Crippen LogP contribution in [0.1, 0.15) is 64.6 Å². The average Bonchev–Trinajstić information content (AvgIpc) is 2.74. The number of unbranched alkanes of at least 4 members (excludes halogenated alkanes) is 1.